The fourth-order valence-corrected chi connectivity index (χ4v) is 7.21. The summed E-state index contributed by atoms with van der Waals surface area (Å²) in [5.41, 5.74) is 0.880. The first-order valence-corrected chi connectivity index (χ1v) is 16.0. The van der Waals surface area contributed by atoms with Crippen molar-refractivity contribution in [1.82, 2.24) is 21.3 Å². The van der Waals surface area contributed by atoms with Crippen molar-refractivity contribution in [2.24, 2.45) is 0 Å². The number of hydrogen-bond donors (Lipinski definition) is 6. The fourth-order valence-electron chi connectivity index (χ4n) is 4.83. The fraction of sp³-hybridized carbons (Fsp3) is 0.567. The molecule has 1 heterocycles. The minimum absolute atomic E-state index is 0. The molecule has 1 aliphatic heterocycles. The third-order valence-corrected chi connectivity index (χ3v) is 9.10. The largest absolute Gasteiger partial charge is 0.545 e. The molecule has 2 aromatic rings. The summed E-state index contributed by atoms with van der Waals surface area (Å²) in [5.74, 6) is -1.23. The summed E-state index contributed by atoms with van der Waals surface area (Å²) in [6.07, 6.45) is 0.730. The molecule has 0 spiro atoms. The van der Waals surface area contributed by atoms with E-state index < -0.39 is 12.3 Å². The average Bonchev–Trinajstić information content (AvgIpc) is 2.87. The summed E-state index contributed by atoms with van der Waals surface area (Å²) in [4.78, 5) is 12.2. The van der Waals surface area contributed by atoms with Crippen molar-refractivity contribution in [3.05, 3.63) is 59.7 Å². The molecule has 41 heavy (non-hydrogen) atoms. The molecular weight excluding hydrogens is 603 g/mol. The van der Waals surface area contributed by atoms with Gasteiger partial charge in [0.2, 0.25) is 0 Å². The van der Waals surface area contributed by atoms with Gasteiger partial charge in [-0.05, 0) is 66.5 Å². The van der Waals surface area contributed by atoms with E-state index in [1.54, 1.807) is 42.5 Å². The Morgan fingerprint density at radius 2 is 1.24 bits per heavy atom. The Morgan fingerprint density at radius 1 is 0.805 bits per heavy atom. The maximum Gasteiger partial charge on any atom is 0.179 e. The average molecular weight is 651 g/mol. The van der Waals surface area contributed by atoms with Gasteiger partial charge in [0.15, 0.2) is 6.29 Å². The molecule has 0 aromatic heterocycles. The number of hydrogen-bond acceptors (Lipinski definition) is 10. The Balaban J connectivity index is 0.000000400. The summed E-state index contributed by atoms with van der Waals surface area (Å²) in [5, 5.41) is 44.1. The minimum atomic E-state index is -1.56. The number of carbonyl (C=O) groups excluding carboxylic acids is 1. The van der Waals surface area contributed by atoms with E-state index in [9.17, 15) is 20.1 Å². The second-order valence-corrected chi connectivity index (χ2v) is 13.8. The van der Waals surface area contributed by atoms with Crippen LogP contribution in [-0.2, 0) is 16.8 Å². The molecule has 11 heteroatoms. The smallest absolute Gasteiger partial charge is 0.179 e. The van der Waals surface area contributed by atoms with Crippen LogP contribution in [0.1, 0.15) is 76.6 Å². The van der Waals surface area contributed by atoms with Crippen LogP contribution in [0.3, 0.4) is 0 Å². The Labute approximate surface area is 264 Å². The third-order valence-electron chi connectivity index (χ3n) is 6.60. The van der Waals surface area contributed by atoms with Gasteiger partial charge >= 0.3 is 0 Å². The Bertz CT molecular complexity index is 1030. The Kier molecular flexibility index (Phi) is 17.1. The molecule has 1 radical (unpaired) electrons. The van der Waals surface area contributed by atoms with Crippen LogP contribution in [0.5, 0.6) is 0 Å². The molecule has 0 aliphatic carbocycles. The van der Waals surface area contributed by atoms with Gasteiger partial charge in [-0.2, -0.15) is 0 Å². The normalized spacial score (nSPS) is 21.5. The predicted octanol–water partition coefficient (Wildman–Crippen LogP) is 3.30. The second-order valence-electron chi connectivity index (χ2n) is 11.6. The molecule has 2 unspecified atom stereocenters. The zero-order valence-corrected chi connectivity index (χ0v) is 27.6. The van der Waals surface area contributed by atoms with Crippen LogP contribution in [0.4, 0.5) is 0 Å². The van der Waals surface area contributed by atoms with E-state index in [0.717, 1.165) is 39.0 Å². The summed E-state index contributed by atoms with van der Waals surface area (Å²) >= 11 is 0. The van der Waals surface area contributed by atoms with Crippen molar-refractivity contribution in [2.45, 2.75) is 93.6 Å². The van der Waals surface area contributed by atoms with E-state index in [4.69, 9.17) is 0 Å². The standard InChI is InChI=1S/C16H36N4.C14H12O4S2.Co/c1-13-11-15(3,4)19-10-8-18-14(2)12-16(5,6)20-9-7-17-13;15-13(16)9-5-1-3-7-11(9)19-20-12-8-4-2-6-10(12)14(17)18;/h13-14,17-20H,7-12H2,1-6H3;1-8,13,15-16H,(H,17,18);/p-1. The number of benzene rings is 2. The molecule has 1 aliphatic rings. The van der Waals surface area contributed by atoms with Crippen LogP contribution in [0.15, 0.2) is 58.3 Å². The van der Waals surface area contributed by atoms with Gasteiger partial charge in [-0.25, -0.2) is 0 Å². The summed E-state index contributed by atoms with van der Waals surface area (Å²) < 4.78 is 0. The molecule has 2 atom stereocenters. The number of carboxylic acids is 1. The van der Waals surface area contributed by atoms with E-state index >= 15 is 0 Å². The number of carboxylic acid groups (broad SMARTS) is 1. The molecule has 0 bridgehead atoms. The van der Waals surface area contributed by atoms with Crippen molar-refractivity contribution in [3.8, 4) is 0 Å². The van der Waals surface area contributed by atoms with Crippen molar-refractivity contribution >= 4 is 27.6 Å². The van der Waals surface area contributed by atoms with Gasteiger partial charge in [0.25, 0.3) is 0 Å². The summed E-state index contributed by atoms with van der Waals surface area (Å²) in [7, 11) is 2.50. The molecule has 1 fully saturated rings. The van der Waals surface area contributed by atoms with Crippen LogP contribution in [-0.4, -0.2) is 65.5 Å². The maximum atomic E-state index is 11.0. The van der Waals surface area contributed by atoms with Crippen LogP contribution < -0.4 is 26.4 Å². The third kappa shape index (κ3) is 14.7. The monoisotopic (exact) mass is 650 g/mol. The number of carbonyl (C=O) groups is 1. The van der Waals surface area contributed by atoms with Crippen LogP contribution in [0.2, 0.25) is 0 Å². The predicted molar refractivity (Wildman–Crippen MR) is 164 cm³/mol. The van der Waals surface area contributed by atoms with Crippen molar-refractivity contribution in [3.63, 3.8) is 0 Å². The van der Waals surface area contributed by atoms with Crippen LogP contribution >= 0.6 is 21.6 Å². The van der Waals surface area contributed by atoms with E-state index in [1.165, 1.54) is 27.7 Å². The van der Waals surface area contributed by atoms with E-state index in [2.05, 4.69) is 62.8 Å². The zero-order valence-electron chi connectivity index (χ0n) is 25.0. The van der Waals surface area contributed by atoms with E-state index in [0.29, 0.717) is 27.4 Å². The van der Waals surface area contributed by atoms with Crippen molar-refractivity contribution in [2.75, 3.05) is 26.2 Å². The van der Waals surface area contributed by atoms with E-state index in [-0.39, 0.29) is 33.4 Å². The molecule has 8 nitrogen and oxygen atoms in total. The Hall–Kier alpha value is -1.12. The number of aliphatic hydroxyl groups excluding tert-OH is 1. The van der Waals surface area contributed by atoms with Crippen LogP contribution in [0.25, 0.3) is 0 Å². The molecular formula is C30H47CoN4O4S2-. The molecule has 2 aromatic carbocycles. The topological polar surface area (TPSA) is 129 Å². The number of nitrogens with one attached hydrogen (secondary N) is 4. The molecule has 233 valence electrons. The van der Waals surface area contributed by atoms with Crippen molar-refractivity contribution in [1.29, 1.82) is 0 Å². The van der Waals surface area contributed by atoms with Gasteiger partial charge in [-0.1, -0.05) is 58.0 Å². The summed E-state index contributed by atoms with van der Waals surface area (Å²) in [6, 6.07) is 14.4. The molecule has 3 rings (SSSR count). The first kappa shape index (κ1) is 37.9. The molecule has 1 saturated heterocycles. The minimum Gasteiger partial charge on any atom is -0.545 e. The van der Waals surface area contributed by atoms with Gasteiger partial charge in [-0.3, -0.25) is 0 Å². The Morgan fingerprint density at radius 3 is 1.73 bits per heavy atom. The van der Waals surface area contributed by atoms with Gasteiger partial charge in [0.05, 0.1) is 5.97 Å². The number of rotatable bonds is 5. The molecule has 6 N–H and O–H groups in total. The van der Waals surface area contributed by atoms with Gasteiger partial charge in [-0.15, -0.1) is 0 Å². The second kappa shape index (κ2) is 18.5. The number of aliphatic hydroxyl groups is 2. The SMILES string of the molecule is CC1CC(C)(C)NCCNC(C)CC(C)(C)NCCN1.O=C([O-])c1ccccc1SSc1ccccc1C(O)O.[Co]. The first-order chi connectivity index (χ1) is 18.8. The van der Waals surface area contributed by atoms with Gasteiger partial charge in [0, 0.05) is 87.0 Å². The van der Waals surface area contributed by atoms with Gasteiger partial charge < -0.3 is 41.4 Å². The van der Waals surface area contributed by atoms with Crippen molar-refractivity contribution < 1.29 is 36.9 Å². The van der Waals surface area contributed by atoms with Crippen LogP contribution in [0, 0.1) is 0 Å². The summed E-state index contributed by atoms with van der Waals surface area (Å²) in [6.45, 7) is 17.8. The zero-order chi connectivity index (χ0) is 29.8. The first-order valence-electron chi connectivity index (χ1n) is 13.9. The number of aromatic carboxylic acids is 1. The van der Waals surface area contributed by atoms with E-state index in [1.807, 2.05) is 0 Å². The maximum absolute atomic E-state index is 11.0. The molecule has 0 saturated carbocycles. The quantitative estimate of drug-likeness (QED) is 0.212. The molecule has 0 amide bonds. The van der Waals surface area contributed by atoms with Gasteiger partial charge in [0.1, 0.15) is 0 Å².